The molecule has 25 heavy (non-hydrogen) atoms. The Labute approximate surface area is 146 Å². The third kappa shape index (κ3) is 6.33. The van der Waals surface area contributed by atoms with Crippen LogP contribution in [0.1, 0.15) is 25.7 Å². The van der Waals surface area contributed by atoms with Gasteiger partial charge in [0.05, 0.1) is 20.3 Å². The second-order valence-corrected chi connectivity index (χ2v) is 5.54. The molecule has 0 aliphatic carbocycles. The third-order valence-electron chi connectivity index (χ3n) is 3.61. The van der Waals surface area contributed by atoms with Gasteiger partial charge in [0.25, 0.3) is 0 Å². The lowest BCUT2D eigenvalue weighted by atomic mass is 10.1. The van der Waals surface area contributed by atoms with Crippen molar-refractivity contribution in [1.82, 2.24) is 0 Å². The first-order valence-corrected chi connectivity index (χ1v) is 8.16. The number of hydrogen-bond donors (Lipinski definition) is 1. The van der Waals surface area contributed by atoms with Gasteiger partial charge in [-0.2, -0.15) is 0 Å². The van der Waals surface area contributed by atoms with Gasteiger partial charge >= 0.3 is 11.9 Å². The lowest BCUT2D eigenvalue weighted by molar-refractivity contribution is -0.141. The van der Waals surface area contributed by atoms with Gasteiger partial charge in [-0.15, -0.1) is 0 Å². The van der Waals surface area contributed by atoms with Crippen molar-refractivity contribution in [3.05, 3.63) is 36.4 Å². The number of ether oxygens (including phenoxy) is 3. The van der Waals surface area contributed by atoms with E-state index in [1.807, 2.05) is 36.4 Å². The minimum Gasteiger partial charge on any atom is -0.494 e. The van der Waals surface area contributed by atoms with E-state index in [-0.39, 0.29) is 12.4 Å². The van der Waals surface area contributed by atoms with Gasteiger partial charge in [0.2, 0.25) is 0 Å². The van der Waals surface area contributed by atoms with Crippen molar-refractivity contribution in [2.24, 2.45) is 0 Å². The van der Waals surface area contributed by atoms with Crippen LogP contribution in [-0.4, -0.2) is 37.4 Å². The number of methoxy groups -OCH3 is 1. The predicted octanol–water partition coefficient (Wildman–Crippen LogP) is 3.42. The van der Waals surface area contributed by atoms with Gasteiger partial charge in [-0.1, -0.05) is 12.1 Å². The molecule has 6 heteroatoms. The molecule has 1 N–H and O–H groups in total. The molecule has 0 fully saturated rings. The number of rotatable bonds is 10. The zero-order valence-corrected chi connectivity index (χ0v) is 14.2. The molecular formula is C19H22O6. The van der Waals surface area contributed by atoms with Crippen LogP contribution in [0.5, 0.6) is 11.5 Å². The van der Waals surface area contributed by atoms with Crippen LogP contribution in [0.25, 0.3) is 10.8 Å². The zero-order chi connectivity index (χ0) is 18.1. The maximum atomic E-state index is 11.1. The lowest BCUT2D eigenvalue weighted by Crippen LogP contribution is -2.04. The number of benzene rings is 2. The molecule has 0 heterocycles. The quantitative estimate of drug-likeness (QED) is 0.524. The van der Waals surface area contributed by atoms with Crippen LogP contribution < -0.4 is 9.47 Å². The van der Waals surface area contributed by atoms with E-state index in [2.05, 4.69) is 4.74 Å². The van der Waals surface area contributed by atoms with E-state index >= 15 is 0 Å². The fourth-order valence-electron chi connectivity index (χ4n) is 2.30. The summed E-state index contributed by atoms with van der Waals surface area (Å²) in [5.41, 5.74) is 0. The number of esters is 1. The maximum Gasteiger partial charge on any atom is 0.305 e. The highest BCUT2D eigenvalue weighted by Gasteiger charge is 2.03. The second kappa shape index (κ2) is 9.52. The van der Waals surface area contributed by atoms with Gasteiger partial charge in [-0.3, -0.25) is 9.59 Å². The van der Waals surface area contributed by atoms with E-state index in [9.17, 15) is 9.59 Å². The summed E-state index contributed by atoms with van der Waals surface area (Å²) < 4.78 is 15.8. The van der Waals surface area contributed by atoms with Crippen LogP contribution in [0.15, 0.2) is 36.4 Å². The van der Waals surface area contributed by atoms with E-state index in [4.69, 9.17) is 14.6 Å². The predicted molar refractivity (Wildman–Crippen MR) is 93.1 cm³/mol. The van der Waals surface area contributed by atoms with E-state index in [1.165, 1.54) is 7.11 Å². The molecule has 0 radical (unpaired) electrons. The number of carbonyl (C=O) groups is 2. The Bertz CT molecular complexity index is 725. The topological polar surface area (TPSA) is 82.1 Å². The molecule has 0 aliphatic heterocycles. The number of carbonyl (C=O) groups excluding carboxylic acids is 1. The molecule has 0 bridgehead atoms. The standard InChI is InChI=1S/C19H22O6/c1-23-19(22)5-3-11-25-17-9-7-14-6-8-16(12-15(14)13-17)24-10-2-4-18(20)21/h6-9,12-13H,2-5,10-11H2,1H3,(H,20,21). The summed E-state index contributed by atoms with van der Waals surface area (Å²) in [5.74, 6) is 0.351. The fourth-order valence-corrected chi connectivity index (χ4v) is 2.30. The van der Waals surface area contributed by atoms with Crippen molar-refractivity contribution in [3.8, 4) is 11.5 Å². The summed E-state index contributed by atoms with van der Waals surface area (Å²) in [6.45, 7) is 0.799. The van der Waals surface area contributed by atoms with Crippen molar-refractivity contribution in [1.29, 1.82) is 0 Å². The molecule has 0 spiro atoms. The molecule has 0 unspecified atom stereocenters. The van der Waals surface area contributed by atoms with Gasteiger partial charge in [0.1, 0.15) is 11.5 Å². The maximum absolute atomic E-state index is 11.1. The molecule has 2 aromatic carbocycles. The minimum absolute atomic E-state index is 0.0944. The molecule has 2 rings (SSSR count). The number of aliphatic carboxylic acids is 1. The van der Waals surface area contributed by atoms with Gasteiger partial charge in [0.15, 0.2) is 0 Å². The summed E-state index contributed by atoms with van der Waals surface area (Å²) in [4.78, 5) is 21.5. The molecule has 0 atom stereocenters. The Morgan fingerprint density at radius 3 is 1.96 bits per heavy atom. The van der Waals surface area contributed by atoms with Gasteiger partial charge in [0, 0.05) is 12.8 Å². The second-order valence-electron chi connectivity index (χ2n) is 5.54. The molecule has 6 nitrogen and oxygen atoms in total. The van der Waals surface area contributed by atoms with Gasteiger partial charge in [-0.05, 0) is 47.9 Å². The Balaban J connectivity index is 1.90. The van der Waals surface area contributed by atoms with Crippen molar-refractivity contribution < 1.29 is 28.9 Å². The first-order chi connectivity index (χ1) is 12.1. The molecule has 2 aromatic rings. The van der Waals surface area contributed by atoms with Crippen molar-refractivity contribution in [2.45, 2.75) is 25.7 Å². The summed E-state index contributed by atoms with van der Waals surface area (Å²) in [7, 11) is 1.37. The number of hydrogen-bond acceptors (Lipinski definition) is 5. The zero-order valence-electron chi connectivity index (χ0n) is 14.2. The SMILES string of the molecule is COC(=O)CCCOc1ccc2ccc(OCCCC(=O)O)cc2c1. The Morgan fingerprint density at radius 1 is 0.880 bits per heavy atom. The molecule has 0 aromatic heterocycles. The van der Waals surface area contributed by atoms with Crippen LogP contribution in [0.2, 0.25) is 0 Å². The first kappa shape index (κ1) is 18.6. The molecule has 0 amide bonds. The fraction of sp³-hybridized carbons (Fsp3) is 0.368. The third-order valence-corrected chi connectivity index (χ3v) is 3.61. The highest BCUT2D eigenvalue weighted by atomic mass is 16.5. The van der Waals surface area contributed by atoms with Crippen LogP contribution >= 0.6 is 0 Å². The Kier molecular flexibility index (Phi) is 7.07. The summed E-state index contributed by atoms with van der Waals surface area (Å²) in [6, 6.07) is 11.5. The molecule has 0 aliphatic rings. The molecule has 134 valence electrons. The van der Waals surface area contributed by atoms with E-state index in [0.717, 1.165) is 16.5 Å². The van der Waals surface area contributed by atoms with Crippen molar-refractivity contribution in [3.63, 3.8) is 0 Å². The average molecular weight is 346 g/mol. The van der Waals surface area contributed by atoms with Crippen molar-refractivity contribution in [2.75, 3.05) is 20.3 Å². The average Bonchev–Trinajstić information content (AvgIpc) is 2.61. The normalized spacial score (nSPS) is 10.4. The molecule has 0 saturated carbocycles. The van der Waals surface area contributed by atoms with E-state index < -0.39 is 5.97 Å². The smallest absolute Gasteiger partial charge is 0.305 e. The monoisotopic (exact) mass is 346 g/mol. The van der Waals surface area contributed by atoms with Gasteiger partial charge in [-0.25, -0.2) is 0 Å². The lowest BCUT2D eigenvalue weighted by Gasteiger charge is -2.09. The minimum atomic E-state index is -0.823. The highest BCUT2D eigenvalue weighted by Crippen LogP contribution is 2.25. The first-order valence-electron chi connectivity index (χ1n) is 8.16. The van der Waals surface area contributed by atoms with E-state index in [1.54, 1.807) is 0 Å². The largest absolute Gasteiger partial charge is 0.494 e. The highest BCUT2D eigenvalue weighted by molar-refractivity contribution is 5.85. The van der Waals surface area contributed by atoms with Crippen LogP contribution in [0.3, 0.4) is 0 Å². The van der Waals surface area contributed by atoms with Crippen molar-refractivity contribution >= 4 is 22.7 Å². The van der Waals surface area contributed by atoms with Crippen LogP contribution in [-0.2, 0) is 14.3 Å². The summed E-state index contributed by atoms with van der Waals surface area (Å²) in [6.07, 6.45) is 1.49. The molecule has 0 saturated heterocycles. The van der Waals surface area contributed by atoms with Crippen LogP contribution in [0.4, 0.5) is 0 Å². The molecular weight excluding hydrogens is 324 g/mol. The Morgan fingerprint density at radius 2 is 1.44 bits per heavy atom. The Hall–Kier alpha value is -2.76. The number of fused-ring (bicyclic) bond motifs is 1. The number of carboxylic acid groups (broad SMARTS) is 1. The van der Waals surface area contributed by atoms with Gasteiger partial charge < -0.3 is 19.3 Å². The van der Waals surface area contributed by atoms with Crippen LogP contribution in [0, 0.1) is 0 Å². The summed E-state index contributed by atoms with van der Waals surface area (Å²) in [5, 5.41) is 10.6. The summed E-state index contributed by atoms with van der Waals surface area (Å²) >= 11 is 0. The van der Waals surface area contributed by atoms with E-state index in [0.29, 0.717) is 38.2 Å². The number of carboxylic acids is 1.